The van der Waals surface area contributed by atoms with E-state index < -0.39 is 0 Å². The minimum atomic E-state index is -0.0463. The first kappa shape index (κ1) is 19.2. The maximum absolute atomic E-state index is 12.0. The summed E-state index contributed by atoms with van der Waals surface area (Å²) in [5.74, 6) is -0.0724. The maximum atomic E-state index is 12.0. The highest BCUT2D eigenvalue weighted by Crippen LogP contribution is 2.24. The Labute approximate surface area is 150 Å². The van der Waals surface area contributed by atoms with Crippen LogP contribution < -0.4 is 15.1 Å². The van der Waals surface area contributed by atoms with Gasteiger partial charge in [-0.1, -0.05) is 0 Å². The van der Waals surface area contributed by atoms with Gasteiger partial charge in [0.2, 0.25) is 11.8 Å². The maximum Gasteiger partial charge on any atom is 0.223 e. The lowest BCUT2D eigenvalue weighted by molar-refractivity contribution is -0.121. The zero-order chi connectivity index (χ0) is 18.2. The van der Waals surface area contributed by atoms with E-state index in [2.05, 4.69) is 22.3 Å². The Morgan fingerprint density at radius 3 is 2.28 bits per heavy atom. The molecule has 1 aliphatic rings. The van der Waals surface area contributed by atoms with Gasteiger partial charge in [-0.25, -0.2) is 0 Å². The van der Waals surface area contributed by atoms with Gasteiger partial charge in [-0.05, 0) is 51.2 Å². The lowest BCUT2D eigenvalue weighted by atomic mass is 10.2. The zero-order valence-electron chi connectivity index (χ0n) is 15.6. The second-order valence-corrected chi connectivity index (χ2v) is 6.78. The summed E-state index contributed by atoms with van der Waals surface area (Å²) in [5.41, 5.74) is 2.04. The van der Waals surface area contributed by atoms with Crippen LogP contribution in [-0.4, -0.2) is 63.5 Å². The Hall–Kier alpha value is -2.08. The van der Waals surface area contributed by atoms with Gasteiger partial charge in [0.15, 0.2) is 0 Å². The fourth-order valence-electron chi connectivity index (χ4n) is 3.01. The summed E-state index contributed by atoms with van der Waals surface area (Å²) in [6, 6.07) is 8.07. The van der Waals surface area contributed by atoms with Crippen LogP contribution in [0, 0.1) is 0 Å². The van der Waals surface area contributed by atoms with Crippen molar-refractivity contribution >= 4 is 23.2 Å². The van der Waals surface area contributed by atoms with E-state index in [1.165, 1.54) is 18.5 Å². The predicted molar refractivity (Wildman–Crippen MR) is 102 cm³/mol. The Bertz CT molecular complexity index is 565. The molecule has 0 aromatic heterocycles. The van der Waals surface area contributed by atoms with E-state index >= 15 is 0 Å². The number of hydrogen-bond acceptors (Lipinski definition) is 4. The molecular weight excluding hydrogens is 316 g/mol. The number of nitrogens with one attached hydrogen (secondary N) is 1. The highest BCUT2D eigenvalue weighted by Gasteiger charge is 2.15. The number of anilines is 2. The molecule has 1 fully saturated rings. The van der Waals surface area contributed by atoms with Gasteiger partial charge < -0.3 is 20.0 Å². The molecule has 2 amide bonds. The van der Waals surface area contributed by atoms with Gasteiger partial charge in [0.25, 0.3) is 0 Å². The molecule has 1 aromatic carbocycles. The van der Waals surface area contributed by atoms with Crippen LogP contribution in [0.4, 0.5) is 11.4 Å². The van der Waals surface area contributed by atoms with E-state index in [1.54, 1.807) is 11.8 Å². The van der Waals surface area contributed by atoms with Crippen LogP contribution in [0.2, 0.25) is 0 Å². The molecule has 0 radical (unpaired) electrons. The van der Waals surface area contributed by atoms with Gasteiger partial charge in [0.05, 0.1) is 0 Å². The van der Waals surface area contributed by atoms with Crippen molar-refractivity contribution in [1.29, 1.82) is 0 Å². The molecule has 0 unspecified atom stereocenters. The van der Waals surface area contributed by atoms with Crippen LogP contribution in [0.15, 0.2) is 24.3 Å². The molecule has 6 nitrogen and oxygen atoms in total. The van der Waals surface area contributed by atoms with E-state index in [4.69, 9.17) is 0 Å². The summed E-state index contributed by atoms with van der Waals surface area (Å²) < 4.78 is 0. The van der Waals surface area contributed by atoms with Gasteiger partial charge in [0.1, 0.15) is 0 Å². The van der Waals surface area contributed by atoms with Gasteiger partial charge in [0, 0.05) is 57.4 Å². The van der Waals surface area contributed by atoms with Crippen LogP contribution in [0.5, 0.6) is 0 Å². The Morgan fingerprint density at radius 1 is 1.08 bits per heavy atom. The minimum Gasteiger partial charge on any atom is -0.372 e. The number of nitrogens with zero attached hydrogens (tertiary/aromatic N) is 3. The molecule has 1 N–H and O–H groups in total. The van der Waals surface area contributed by atoms with Crippen LogP contribution in [0.3, 0.4) is 0 Å². The molecule has 0 atom stereocenters. The van der Waals surface area contributed by atoms with E-state index in [1.807, 2.05) is 31.1 Å². The quantitative estimate of drug-likeness (QED) is 0.779. The molecule has 0 aliphatic carbocycles. The number of carbonyl (C=O) groups is 2. The average molecular weight is 346 g/mol. The third-order valence-corrected chi connectivity index (χ3v) is 4.46. The summed E-state index contributed by atoms with van der Waals surface area (Å²) in [7, 11) is 3.94. The first-order valence-corrected chi connectivity index (χ1v) is 9.02. The van der Waals surface area contributed by atoms with E-state index in [0.717, 1.165) is 25.3 Å². The van der Waals surface area contributed by atoms with Crippen molar-refractivity contribution < 1.29 is 9.59 Å². The third kappa shape index (κ3) is 6.05. The average Bonchev–Trinajstić information content (AvgIpc) is 3.09. The van der Waals surface area contributed by atoms with Gasteiger partial charge in [-0.3, -0.25) is 9.59 Å². The summed E-state index contributed by atoms with van der Waals surface area (Å²) in [6.45, 7) is 5.56. The zero-order valence-corrected chi connectivity index (χ0v) is 15.6. The molecule has 2 rings (SSSR count). The smallest absolute Gasteiger partial charge is 0.223 e. The Kier molecular flexibility index (Phi) is 7.25. The standard InChI is InChI=1S/C19H30N4O2/c1-16(24)23(14-10-19(25)20-11-15-21(2)3)18-8-6-17(7-9-18)22-12-4-5-13-22/h6-9H,4-5,10-15H2,1-3H3,(H,20,25). The summed E-state index contributed by atoms with van der Waals surface area (Å²) in [5, 5.41) is 2.88. The van der Waals surface area contributed by atoms with Crippen LogP contribution >= 0.6 is 0 Å². The lowest BCUT2D eigenvalue weighted by Gasteiger charge is -2.23. The molecule has 0 bridgehead atoms. The molecule has 0 spiro atoms. The summed E-state index contributed by atoms with van der Waals surface area (Å²) in [4.78, 5) is 30.0. The fourth-order valence-corrected chi connectivity index (χ4v) is 3.01. The highest BCUT2D eigenvalue weighted by molar-refractivity contribution is 5.92. The van der Waals surface area contributed by atoms with E-state index in [0.29, 0.717) is 19.5 Å². The Balaban J connectivity index is 1.89. The summed E-state index contributed by atoms with van der Waals surface area (Å²) in [6.07, 6.45) is 2.79. The molecule has 25 heavy (non-hydrogen) atoms. The van der Waals surface area contributed by atoms with Crippen molar-refractivity contribution in [3.8, 4) is 0 Å². The second kappa shape index (κ2) is 9.42. The highest BCUT2D eigenvalue weighted by atomic mass is 16.2. The largest absolute Gasteiger partial charge is 0.372 e. The van der Waals surface area contributed by atoms with Crippen LogP contribution in [-0.2, 0) is 9.59 Å². The van der Waals surface area contributed by atoms with Crippen molar-refractivity contribution in [3.05, 3.63) is 24.3 Å². The first-order chi connectivity index (χ1) is 12.0. The number of benzene rings is 1. The molecule has 0 saturated carbocycles. The number of likely N-dealkylation sites (N-methyl/N-ethyl adjacent to an activating group) is 1. The first-order valence-electron chi connectivity index (χ1n) is 9.02. The summed E-state index contributed by atoms with van der Waals surface area (Å²) >= 11 is 0. The monoisotopic (exact) mass is 346 g/mol. The van der Waals surface area contributed by atoms with E-state index in [9.17, 15) is 9.59 Å². The number of amides is 2. The third-order valence-electron chi connectivity index (χ3n) is 4.46. The lowest BCUT2D eigenvalue weighted by Crippen LogP contribution is -2.36. The second-order valence-electron chi connectivity index (χ2n) is 6.78. The molecule has 1 aromatic rings. The van der Waals surface area contributed by atoms with Crippen molar-refractivity contribution in [2.24, 2.45) is 0 Å². The fraction of sp³-hybridized carbons (Fsp3) is 0.579. The van der Waals surface area contributed by atoms with Gasteiger partial charge in [-0.2, -0.15) is 0 Å². The van der Waals surface area contributed by atoms with Gasteiger partial charge >= 0.3 is 0 Å². The molecule has 1 heterocycles. The molecular formula is C19H30N4O2. The van der Waals surface area contributed by atoms with Crippen LogP contribution in [0.1, 0.15) is 26.2 Å². The topological polar surface area (TPSA) is 55.9 Å². The molecule has 6 heteroatoms. The molecule has 1 aliphatic heterocycles. The number of rotatable bonds is 8. The number of hydrogen-bond donors (Lipinski definition) is 1. The van der Waals surface area contributed by atoms with Crippen molar-refractivity contribution in [1.82, 2.24) is 10.2 Å². The van der Waals surface area contributed by atoms with Crippen molar-refractivity contribution in [2.45, 2.75) is 26.2 Å². The van der Waals surface area contributed by atoms with Crippen molar-refractivity contribution in [2.75, 3.05) is 56.6 Å². The van der Waals surface area contributed by atoms with E-state index in [-0.39, 0.29) is 11.8 Å². The molecule has 138 valence electrons. The normalized spacial score (nSPS) is 14.0. The van der Waals surface area contributed by atoms with Crippen LogP contribution in [0.25, 0.3) is 0 Å². The molecule has 1 saturated heterocycles. The predicted octanol–water partition coefficient (Wildman–Crippen LogP) is 1.71. The Morgan fingerprint density at radius 2 is 1.72 bits per heavy atom. The van der Waals surface area contributed by atoms with Gasteiger partial charge in [-0.15, -0.1) is 0 Å². The SMILES string of the molecule is CC(=O)N(CCC(=O)NCCN(C)C)c1ccc(N2CCCC2)cc1. The minimum absolute atomic E-state index is 0.0261. The van der Waals surface area contributed by atoms with Crippen molar-refractivity contribution in [3.63, 3.8) is 0 Å². The number of carbonyl (C=O) groups excluding carboxylic acids is 2.